The highest BCUT2D eigenvalue weighted by molar-refractivity contribution is 6.24. The van der Waals surface area contributed by atoms with Crippen LogP contribution in [0.4, 0.5) is 0 Å². The summed E-state index contributed by atoms with van der Waals surface area (Å²) < 4.78 is 6.27. The van der Waals surface area contributed by atoms with Crippen molar-refractivity contribution < 1.29 is 29.0 Å². The number of aromatic nitrogens is 3. The molecule has 11 heteroatoms. The van der Waals surface area contributed by atoms with Crippen molar-refractivity contribution in [3.63, 3.8) is 0 Å². The summed E-state index contributed by atoms with van der Waals surface area (Å²) in [4.78, 5) is 50.6. The number of ether oxygens (including phenoxy) is 1. The zero-order valence-electron chi connectivity index (χ0n) is 16.3. The van der Waals surface area contributed by atoms with Crippen LogP contribution in [0.2, 0.25) is 0 Å². The minimum atomic E-state index is -1.40. The average Bonchev–Trinajstić information content (AvgIpc) is 3.28. The number of amides is 4. The standard InChI is InChI=1S/C19H19N5O6/c1-19(29,9-30-2)13-8-23(22-21-13)11-5-3-4-10-15(11)18(28)24(17(10)27)12-6-7-14(25)20-16(12)26/h3-5,8,12,29H,6-7,9H2,1-2H3,(H,20,25,26). The molecule has 1 saturated heterocycles. The van der Waals surface area contributed by atoms with Crippen LogP contribution in [0, 0.1) is 0 Å². The number of benzene rings is 1. The third-order valence-electron chi connectivity index (χ3n) is 5.16. The van der Waals surface area contributed by atoms with Gasteiger partial charge in [0.05, 0.1) is 29.6 Å². The van der Waals surface area contributed by atoms with Crippen LogP contribution < -0.4 is 5.32 Å². The van der Waals surface area contributed by atoms with Gasteiger partial charge in [-0.2, -0.15) is 0 Å². The molecule has 1 aromatic carbocycles. The number of rotatable bonds is 5. The Bertz CT molecular complexity index is 1080. The number of aliphatic hydroxyl groups is 1. The third kappa shape index (κ3) is 3.08. The van der Waals surface area contributed by atoms with Gasteiger partial charge in [-0.25, -0.2) is 4.68 Å². The van der Waals surface area contributed by atoms with E-state index in [1.807, 2.05) is 0 Å². The Balaban J connectivity index is 1.72. The van der Waals surface area contributed by atoms with E-state index in [4.69, 9.17) is 4.74 Å². The lowest BCUT2D eigenvalue weighted by molar-refractivity contribution is -0.136. The zero-order chi connectivity index (χ0) is 21.6. The normalized spacial score (nSPS) is 20.9. The van der Waals surface area contributed by atoms with Gasteiger partial charge in [0.25, 0.3) is 11.8 Å². The van der Waals surface area contributed by atoms with Crippen LogP contribution in [-0.2, 0) is 19.9 Å². The molecule has 156 valence electrons. The number of piperidine rings is 1. The van der Waals surface area contributed by atoms with Crippen molar-refractivity contribution in [2.24, 2.45) is 0 Å². The molecule has 11 nitrogen and oxygen atoms in total. The van der Waals surface area contributed by atoms with E-state index in [1.165, 1.54) is 31.0 Å². The highest BCUT2D eigenvalue weighted by Crippen LogP contribution is 2.31. The summed E-state index contributed by atoms with van der Waals surface area (Å²) in [6, 6.07) is 3.60. The number of hydrogen-bond donors (Lipinski definition) is 2. The number of carbonyl (C=O) groups is 4. The Kier molecular flexibility index (Phi) is 4.71. The molecule has 0 spiro atoms. The lowest BCUT2D eigenvalue weighted by Crippen LogP contribution is -2.54. The SMILES string of the molecule is COCC(C)(O)c1cn(-c2cccc3c2C(=O)N(C2CCC(=O)NC2=O)C3=O)nn1. The molecule has 4 amide bonds. The van der Waals surface area contributed by atoms with Crippen LogP contribution in [0.15, 0.2) is 24.4 Å². The summed E-state index contributed by atoms with van der Waals surface area (Å²) in [5, 5.41) is 20.5. The summed E-state index contributed by atoms with van der Waals surface area (Å²) in [5.41, 5.74) is -0.685. The van der Waals surface area contributed by atoms with E-state index in [-0.39, 0.29) is 42.0 Å². The fourth-order valence-electron chi connectivity index (χ4n) is 3.67. The predicted octanol–water partition coefficient (Wildman–Crippen LogP) is -0.478. The molecule has 2 aliphatic heterocycles. The number of carbonyl (C=O) groups excluding carboxylic acids is 4. The fourth-order valence-corrected chi connectivity index (χ4v) is 3.67. The van der Waals surface area contributed by atoms with E-state index < -0.39 is 35.3 Å². The Morgan fingerprint density at radius 1 is 1.27 bits per heavy atom. The van der Waals surface area contributed by atoms with Crippen LogP contribution in [0.25, 0.3) is 5.69 Å². The zero-order valence-corrected chi connectivity index (χ0v) is 16.3. The number of hydrogen-bond acceptors (Lipinski definition) is 8. The smallest absolute Gasteiger partial charge is 0.264 e. The van der Waals surface area contributed by atoms with Gasteiger partial charge in [0, 0.05) is 13.5 Å². The number of nitrogens with zero attached hydrogens (tertiary/aromatic N) is 4. The molecule has 1 fully saturated rings. The molecule has 4 rings (SSSR count). The van der Waals surface area contributed by atoms with Gasteiger partial charge in [-0.15, -0.1) is 5.10 Å². The lowest BCUT2D eigenvalue weighted by atomic mass is 10.0. The van der Waals surface area contributed by atoms with Gasteiger partial charge < -0.3 is 9.84 Å². The number of methoxy groups -OCH3 is 1. The van der Waals surface area contributed by atoms with Crippen LogP contribution in [-0.4, -0.2) is 68.4 Å². The van der Waals surface area contributed by atoms with Crippen LogP contribution in [0.1, 0.15) is 46.2 Å². The maximum absolute atomic E-state index is 13.1. The van der Waals surface area contributed by atoms with Gasteiger partial charge in [-0.05, 0) is 25.5 Å². The lowest BCUT2D eigenvalue weighted by Gasteiger charge is -2.27. The van der Waals surface area contributed by atoms with Crippen molar-refractivity contribution in [3.8, 4) is 5.69 Å². The Hall–Kier alpha value is -3.44. The van der Waals surface area contributed by atoms with Gasteiger partial charge in [0.15, 0.2) is 0 Å². The first-order chi connectivity index (χ1) is 14.2. The Labute approximate surface area is 170 Å². The maximum atomic E-state index is 13.1. The van der Waals surface area contributed by atoms with Gasteiger partial charge in [0.2, 0.25) is 11.8 Å². The second-order valence-corrected chi connectivity index (χ2v) is 7.40. The molecule has 2 aliphatic rings. The van der Waals surface area contributed by atoms with E-state index in [1.54, 1.807) is 12.1 Å². The molecule has 30 heavy (non-hydrogen) atoms. The van der Waals surface area contributed by atoms with Crippen LogP contribution in [0.5, 0.6) is 0 Å². The number of nitrogens with one attached hydrogen (secondary N) is 1. The molecule has 3 heterocycles. The molecule has 2 N–H and O–H groups in total. The molecule has 0 aliphatic carbocycles. The first-order valence-corrected chi connectivity index (χ1v) is 9.23. The maximum Gasteiger partial charge on any atom is 0.264 e. The highest BCUT2D eigenvalue weighted by Gasteiger charge is 2.46. The summed E-state index contributed by atoms with van der Waals surface area (Å²) in [5.74, 6) is -2.38. The molecular weight excluding hydrogens is 394 g/mol. The third-order valence-corrected chi connectivity index (χ3v) is 5.16. The van der Waals surface area contributed by atoms with E-state index in [0.29, 0.717) is 0 Å². The van der Waals surface area contributed by atoms with Gasteiger partial charge in [-0.3, -0.25) is 29.4 Å². The van der Waals surface area contributed by atoms with Crippen molar-refractivity contribution in [3.05, 3.63) is 41.2 Å². The summed E-state index contributed by atoms with van der Waals surface area (Å²) in [6.07, 6.45) is 1.55. The molecule has 2 unspecified atom stereocenters. The van der Waals surface area contributed by atoms with Gasteiger partial charge >= 0.3 is 0 Å². The predicted molar refractivity (Wildman–Crippen MR) is 99.5 cm³/mol. The summed E-state index contributed by atoms with van der Waals surface area (Å²) in [6.45, 7) is 1.50. The summed E-state index contributed by atoms with van der Waals surface area (Å²) >= 11 is 0. The quantitative estimate of drug-likeness (QED) is 0.626. The van der Waals surface area contributed by atoms with Gasteiger partial charge in [-0.1, -0.05) is 11.3 Å². The monoisotopic (exact) mass is 413 g/mol. The molecule has 2 aromatic rings. The second kappa shape index (κ2) is 7.11. The summed E-state index contributed by atoms with van der Waals surface area (Å²) in [7, 11) is 1.44. The molecule has 0 radical (unpaired) electrons. The van der Waals surface area contributed by atoms with E-state index in [2.05, 4.69) is 15.6 Å². The van der Waals surface area contributed by atoms with Gasteiger partial charge in [0.1, 0.15) is 17.3 Å². The van der Waals surface area contributed by atoms with E-state index >= 15 is 0 Å². The first-order valence-electron chi connectivity index (χ1n) is 9.23. The molecule has 0 bridgehead atoms. The first kappa shape index (κ1) is 19.9. The number of fused-ring (bicyclic) bond motifs is 1. The molecule has 1 aromatic heterocycles. The molecular formula is C19H19N5O6. The second-order valence-electron chi connectivity index (χ2n) is 7.40. The Morgan fingerprint density at radius 2 is 2.03 bits per heavy atom. The largest absolute Gasteiger partial charge is 0.381 e. The highest BCUT2D eigenvalue weighted by atomic mass is 16.5. The van der Waals surface area contributed by atoms with Crippen molar-refractivity contribution in [1.29, 1.82) is 0 Å². The minimum absolute atomic E-state index is 0.0146. The van der Waals surface area contributed by atoms with Crippen LogP contribution >= 0.6 is 0 Å². The fraction of sp³-hybridized carbons (Fsp3) is 0.368. The van der Waals surface area contributed by atoms with E-state index in [0.717, 1.165) is 4.90 Å². The van der Waals surface area contributed by atoms with Crippen molar-refractivity contribution >= 4 is 23.6 Å². The average molecular weight is 413 g/mol. The van der Waals surface area contributed by atoms with Crippen LogP contribution in [0.3, 0.4) is 0 Å². The topological polar surface area (TPSA) is 144 Å². The molecule has 0 saturated carbocycles. The van der Waals surface area contributed by atoms with Crippen molar-refractivity contribution in [2.45, 2.75) is 31.4 Å². The van der Waals surface area contributed by atoms with Crippen molar-refractivity contribution in [1.82, 2.24) is 25.2 Å². The minimum Gasteiger partial charge on any atom is -0.381 e. The molecule has 2 atom stereocenters. The van der Waals surface area contributed by atoms with E-state index in [9.17, 15) is 24.3 Å². The Morgan fingerprint density at radius 3 is 2.73 bits per heavy atom. The van der Waals surface area contributed by atoms with Crippen molar-refractivity contribution in [2.75, 3.05) is 13.7 Å². The number of imide groups is 2.